The minimum atomic E-state index is 0.394. The minimum Gasteiger partial charge on any atom is -0.454 e. The van der Waals surface area contributed by atoms with Crippen LogP contribution < -0.4 is 10.1 Å². The van der Waals surface area contributed by atoms with Crippen LogP contribution in [0.2, 0.25) is 10.0 Å². The largest absolute Gasteiger partial charge is 0.454 e. The zero-order chi connectivity index (χ0) is 14.5. The Morgan fingerprint density at radius 1 is 1.20 bits per heavy atom. The van der Waals surface area contributed by atoms with E-state index in [0.717, 1.165) is 5.56 Å². The van der Waals surface area contributed by atoms with Crippen molar-refractivity contribution in [3.8, 4) is 11.5 Å². The molecule has 0 radical (unpaired) electrons. The molecule has 0 saturated heterocycles. The minimum absolute atomic E-state index is 0.394. The Morgan fingerprint density at radius 3 is 2.75 bits per heavy atom. The molecular formula is C15H16Cl2N2O. The van der Waals surface area contributed by atoms with Gasteiger partial charge in [-0.1, -0.05) is 43.1 Å². The van der Waals surface area contributed by atoms with E-state index >= 15 is 0 Å². The molecule has 0 aliphatic rings. The standard InChI is InChI=1S/C15H16Cl2N2O/c1-10(2)19-8-11-6-7-18-9-14(11)20-13-5-3-4-12(16)15(13)17/h3-7,9-10,19H,8H2,1-2H3. The molecule has 1 aromatic heterocycles. The number of pyridine rings is 1. The number of rotatable bonds is 5. The summed E-state index contributed by atoms with van der Waals surface area (Å²) < 4.78 is 5.83. The van der Waals surface area contributed by atoms with Gasteiger partial charge in [-0.3, -0.25) is 4.98 Å². The maximum absolute atomic E-state index is 6.13. The van der Waals surface area contributed by atoms with E-state index in [-0.39, 0.29) is 0 Å². The monoisotopic (exact) mass is 310 g/mol. The third-order valence-corrected chi connectivity index (χ3v) is 3.51. The lowest BCUT2D eigenvalue weighted by atomic mass is 10.2. The average molecular weight is 311 g/mol. The summed E-state index contributed by atoms with van der Waals surface area (Å²) in [6.45, 7) is 4.89. The predicted molar refractivity (Wildman–Crippen MR) is 82.7 cm³/mol. The molecule has 1 heterocycles. The van der Waals surface area contributed by atoms with Crippen molar-refractivity contribution in [1.29, 1.82) is 0 Å². The normalized spacial score (nSPS) is 10.8. The molecule has 2 rings (SSSR count). The van der Waals surface area contributed by atoms with Crippen LogP contribution in [0.5, 0.6) is 11.5 Å². The van der Waals surface area contributed by atoms with Gasteiger partial charge in [-0.25, -0.2) is 0 Å². The van der Waals surface area contributed by atoms with Gasteiger partial charge in [-0.15, -0.1) is 0 Å². The summed E-state index contributed by atoms with van der Waals surface area (Å²) in [7, 11) is 0. The molecule has 0 spiro atoms. The van der Waals surface area contributed by atoms with Gasteiger partial charge in [0.05, 0.1) is 11.2 Å². The van der Waals surface area contributed by atoms with Crippen molar-refractivity contribution in [1.82, 2.24) is 10.3 Å². The second-order valence-corrected chi connectivity index (χ2v) is 5.46. The molecule has 1 N–H and O–H groups in total. The zero-order valence-corrected chi connectivity index (χ0v) is 12.9. The van der Waals surface area contributed by atoms with Gasteiger partial charge in [0.2, 0.25) is 0 Å². The van der Waals surface area contributed by atoms with Crippen LogP contribution in [0, 0.1) is 0 Å². The molecule has 0 bridgehead atoms. The van der Waals surface area contributed by atoms with Crippen molar-refractivity contribution in [2.24, 2.45) is 0 Å². The van der Waals surface area contributed by atoms with E-state index in [4.69, 9.17) is 27.9 Å². The van der Waals surface area contributed by atoms with Crippen molar-refractivity contribution in [3.63, 3.8) is 0 Å². The Bertz CT molecular complexity index is 588. The Balaban J connectivity index is 2.22. The Morgan fingerprint density at radius 2 is 2.00 bits per heavy atom. The quantitative estimate of drug-likeness (QED) is 0.870. The summed E-state index contributed by atoms with van der Waals surface area (Å²) in [6, 6.07) is 7.61. The van der Waals surface area contributed by atoms with Crippen molar-refractivity contribution in [2.45, 2.75) is 26.4 Å². The number of hydrogen-bond donors (Lipinski definition) is 1. The maximum atomic E-state index is 6.13. The maximum Gasteiger partial charge on any atom is 0.150 e. The number of ether oxygens (including phenoxy) is 1. The molecular weight excluding hydrogens is 295 g/mol. The van der Waals surface area contributed by atoms with Crippen LogP contribution in [0.3, 0.4) is 0 Å². The van der Waals surface area contributed by atoms with Crippen LogP contribution in [0.1, 0.15) is 19.4 Å². The van der Waals surface area contributed by atoms with Crippen LogP contribution in [0.15, 0.2) is 36.7 Å². The second kappa shape index (κ2) is 6.93. The Labute approximate surface area is 128 Å². The van der Waals surface area contributed by atoms with Crippen molar-refractivity contribution >= 4 is 23.2 Å². The lowest BCUT2D eigenvalue weighted by Gasteiger charge is -2.14. The van der Waals surface area contributed by atoms with Gasteiger partial charge in [0.15, 0.2) is 0 Å². The average Bonchev–Trinajstić information content (AvgIpc) is 2.43. The molecule has 2 aromatic rings. The fourth-order valence-corrected chi connectivity index (χ4v) is 1.97. The van der Waals surface area contributed by atoms with Crippen molar-refractivity contribution in [3.05, 3.63) is 52.3 Å². The van der Waals surface area contributed by atoms with Gasteiger partial charge in [0, 0.05) is 24.3 Å². The molecule has 1 aromatic carbocycles. The smallest absolute Gasteiger partial charge is 0.150 e. The zero-order valence-electron chi connectivity index (χ0n) is 11.4. The summed E-state index contributed by atoms with van der Waals surface area (Å²) in [4.78, 5) is 4.09. The van der Waals surface area contributed by atoms with E-state index in [1.165, 1.54) is 0 Å². The number of halogens is 2. The van der Waals surface area contributed by atoms with Crippen LogP contribution in [0.25, 0.3) is 0 Å². The van der Waals surface area contributed by atoms with Gasteiger partial charge in [-0.05, 0) is 18.2 Å². The molecule has 0 amide bonds. The first-order chi connectivity index (χ1) is 9.58. The number of hydrogen-bond acceptors (Lipinski definition) is 3. The topological polar surface area (TPSA) is 34.2 Å². The highest BCUT2D eigenvalue weighted by molar-refractivity contribution is 6.42. The van der Waals surface area contributed by atoms with Gasteiger partial charge in [-0.2, -0.15) is 0 Å². The first-order valence-electron chi connectivity index (χ1n) is 6.36. The molecule has 5 heteroatoms. The van der Waals surface area contributed by atoms with Crippen LogP contribution in [-0.2, 0) is 6.54 Å². The molecule has 0 saturated carbocycles. The number of benzene rings is 1. The van der Waals surface area contributed by atoms with Gasteiger partial charge >= 0.3 is 0 Å². The van der Waals surface area contributed by atoms with E-state index < -0.39 is 0 Å². The van der Waals surface area contributed by atoms with Gasteiger partial charge in [0.25, 0.3) is 0 Å². The summed E-state index contributed by atoms with van der Waals surface area (Å²) in [5.41, 5.74) is 1.02. The molecule has 0 aliphatic carbocycles. The third-order valence-electron chi connectivity index (χ3n) is 2.71. The van der Waals surface area contributed by atoms with Crippen molar-refractivity contribution in [2.75, 3.05) is 0 Å². The van der Waals surface area contributed by atoms with E-state index in [9.17, 15) is 0 Å². The molecule has 20 heavy (non-hydrogen) atoms. The molecule has 0 fully saturated rings. The fourth-order valence-electron chi connectivity index (χ4n) is 1.64. The lowest BCUT2D eigenvalue weighted by molar-refractivity contribution is 0.467. The predicted octanol–water partition coefficient (Wildman–Crippen LogP) is 4.68. The third kappa shape index (κ3) is 3.85. The molecule has 106 valence electrons. The van der Waals surface area contributed by atoms with E-state index in [2.05, 4.69) is 24.1 Å². The van der Waals surface area contributed by atoms with E-state index in [1.807, 2.05) is 6.07 Å². The van der Waals surface area contributed by atoms with Crippen LogP contribution in [0.4, 0.5) is 0 Å². The molecule has 0 aliphatic heterocycles. The summed E-state index contributed by atoms with van der Waals surface area (Å²) >= 11 is 12.1. The first-order valence-corrected chi connectivity index (χ1v) is 7.11. The molecule has 3 nitrogen and oxygen atoms in total. The first kappa shape index (κ1) is 15.1. The Hall–Kier alpha value is -1.29. The van der Waals surface area contributed by atoms with Gasteiger partial charge in [0.1, 0.15) is 16.5 Å². The molecule has 0 atom stereocenters. The van der Waals surface area contributed by atoms with Gasteiger partial charge < -0.3 is 10.1 Å². The fraction of sp³-hybridized carbons (Fsp3) is 0.267. The SMILES string of the molecule is CC(C)NCc1ccncc1Oc1cccc(Cl)c1Cl. The second-order valence-electron chi connectivity index (χ2n) is 4.67. The lowest BCUT2D eigenvalue weighted by Crippen LogP contribution is -2.22. The summed E-state index contributed by atoms with van der Waals surface area (Å²) in [5.74, 6) is 1.20. The summed E-state index contributed by atoms with van der Waals surface area (Å²) in [6.07, 6.45) is 3.42. The van der Waals surface area contributed by atoms with Crippen molar-refractivity contribution < 1.29 is 4.74 Å². The van der Waals surface area contributed by atoms with E-state index in [0.29, 0.717) is 34.1 Å². The van der Waals surface area contributed by atoms with Crippen LogP contribution in [-0.4, -0.2) is 11.0 Å². The highest BCUT2D eigenvalue weighted by atomic mass is 35.5. The van der Waals surface area contributed by atoms with Crippen LogP contribution >= 0.6 is 23.2 Å². The molecule has 0 unspecified atom stereocenters. The van der Waals surface area contributed by atoms with E-state index in [1.54, 1.807) is 30.6 Å². The number of nitrogens with one attached hydrogen (secondary N) is 1. The number of nitrogens with zero attached hydrogens (tertiary/aromatic N) is 1. The highest BCUT2D eigenvalue weighted by Crippen LogP contribution is 2.35. The summed E-state index contributed by atoms with van der Waals surface area (Å²) in [5, 5.41) is 4.22. The number of aromatic nitrogens is 1. The Kier molecular flexibility index (Phi) is 5.24. The highest BCUT2D eigenvalue weighted by Gasteiger charge is 2.10.